The lowest BCUT2D eigenvalue weighted by atomic mass is 9.36. The van der Waals surface area contributed by atoms with Crippen LogP contribution in [0.5, 0.6) is 0 Å². The number of carbonyl (C=O) groups is 1. The Morgan fingerprint density at radius 2 is 1.78 bits per heavy atom. The van der Waals surface area contributed by atoms with Crippen molar-refractivity contribution in [2.75, 3.05) is 0 Å². The molecular formula is C39H55NO6. The number of nitro groups is 1. The van der Waals surface area contributed by atoms with Crippen LogP contribution in [0.15, 0.2) is 53.3 Å². The van der Waals surface area contributed by atoms with E-state index in [0.717, 1.165) is 41.5 Å². The average molecular weight is 634 g/mol. The zero-order valence-electron chi connectivity index (χ0n) is 29.2. The van der Waals surface area contributed by atoms with Crippen LogP contribution < -0.4 is 0 Å². The Hall–Kier alpha value is -2.93. The van der Waals surface area contributed by atoms with Crippen molar-refractivity contribution in [3.05, 3.63) is 69.0 Å². The number of nitrogens with zero attached hydrogens (tertiary/aromatic N) is 1. The fourth-order valence-corrected chi connectivity index (χ4v) is 11.3. The lowest BCUT2D eigenvalue weighted by molar-refractivity contribution is -0.384. The molecule has 252 valence electrons. The number of hydrogen-bond donors (Lipinski definition) is 2. The van der Waals surface area contributed by atoms with Crippen molar-refractivity contribution in [1.82, 2.24) is 0 Å². The molecule has 0 spiro atoms. The number of hydrogen-bond acceptors (Lipinski definition) is 5. The molecule has 5 rings (SSSR count). The summed E-state index contributed by atoms with van der Waals surface area (Å²) in [4.78, 5) is 24.3. The van der Waals surface area contributed by atoms with Gasteiger partial charge >= 0.3 is 5.97 Å². The van der Waals surface area contributed by atoms with E-state index in [-0.39, 0.29) is 40.2 Å². The number of benzene rings is 1. The highest BCUT2D eigenvalue weighted by atomic mass is 16.6. The number of carboxylic acids is 1. The first-order valence-electron chi connectivity index (χ1n) is 17.3. The molecule has 0 radical (unpaired) electrons. The van der Waals surface area contributed by atoms with E-state index in [9.17, 15) is 25.1 Å². The van der Waals surface area contributed by atoms with Crippen molar-refractivity contribution in [1.29, 1.82) is 0 Å². The summed E-state index contributed by atoms with van der Waals surface area (Å²) in [7, 11) is 0. The number of fused-ring (bicyclic) bond motifs is 5. The van der Waals surface area contributed by atoms with Crippen LogP contribution in [0.4, 0.5) is 5.69 Å². The van der Waals surface area contributed by atoms with E-state index >= 15 is 0 Å². The summed E-state index contributed by atoms with van der Waals surface area (Å²) in [6.45, 7) is 21.8. The van der Waals surface area contributed by atoms with Crippen molar-refractivity contribution < 1.29 is 24.7 Å². The molecule has 4 aliphatic carbocycles. The predicted octanol–water partition coefficient (Wildman–Crippen LogP) is 9.36. The first kappa shape index (κ1) is 34.4. The smallest absolute Gasteiger partial charge is 0.331 e. The van der Waals surface area contributed by atoms with Gasteiger partial charge in [-0.3, -0.25) is 10.1 Å². The van der Waals surface area contributed by atoms with E-state index in [2.05, 4.69) is 41.2 Å². The fourth-order valence-electron chi connectivity index (χ4n) is 11.3. The SMILES string of the molecule is C=C(C)OC1C[C@@]2(C)[C@@H](C[C@@H](O)[C@H]3[C@@]4(C)CC[C@@H](C)[C@H](C)[C@@H]4CC[C@@]32C)/C1=C(/CCC(=C(C)C)c1cccc([N+](=O)[O-])c1)C(=O)O. The molecule has 46 heavy (non-hydrogen) atoms. The van der Waals surface area contributed by atoms with Gasteiger partial charge in [0.15, 0.2) is 0 Å². The van der Waals surface area contributed by atoms with Gasteiger partial charge in [-0.25, -0.2) is 4.79 Å². The molecule has 0 bridgehead atoms. The Morgan fingerprint density at radius 3 is 2.39 bits per heavy atom. The van der Waals surface area contributed by atoms with Crippen molar-refractivity contribution in [2.24, 2.45) is 45.8 Å². The number of non-ortho nitro benzene ring substituents is 1. The van der Waals surface area contributed by atoms with Crippen LogP contribution in [-0.2, 0) is 9.53 Å². The minimum Gasteiger partial charge on any atom is -0.491 e. The molecule has 1 unspecified atom stereocenters. The Bertz CT molecular complexity index is 1470. The molecule has 1 aromatic carbocycles. The number of allylic oxidation sites excluding steroid dienone is 3. The topological polar surface area (TPSA) is 110 Å². The number of aliphatic carboxylic acids is 1. The summed E-state index contributed by atoms with van der Waals surface area (Å²) in [5.74, 6) is 1.49. The van der Waals surface area contributed by atoms with Crippen LogP contribution >= 0.6 is 0 Å². The van der Waals surface area contributed by atoms with Gasteiger partial charge in [-0.2, -0.15) is 0 Å². The second kappa shape index (κ2) is 12.3. The number of rotatable bonds is 8. The second-order valence-electron chi connectivity index (χ2n) is 16.2. The van der Waals surface area contributed by atoms with E-state index in [1.54, 1.807) is 12.1 Å². The van der Waals surface area contributed by atoms with E-state index in [0.29, 0.717) is 48.3 Å². The first-order valence-corrected chi connectivity index (χ1v) is 17.3. The summed E-state index contributed by atoms with van der Waals surface area (Å²) in [5.41, 5.74) is 3.40. The van der Waals surface area contributed by atoms with E-state index in [1.165, 1.54) is 12.5 Å². The maximum atomic E-state index is 13.2. The zero-order chi connectivity index (χ0) is 33.9. The molecule has 0 heterocycles. The van der Waals surface area contributed by atoms with Gasteiger partial charge in [-0.05, 0) is 135 Å². The maximum Gasteiger partial charge on any atom is 0.331 e. The molecule has 4 aliphatic rings. The van der Waals surface area contributed by atoms with Gasteiger partial charge in [0, 0.05) is 17.7 Å². The molecule has 0 aliphatic heterocycles. The molecule has 2 N–H and O–H groups in total. The van der Waals surface area contributed by atoms with Crippen LogP contribution in [-0.4, -0.2) is 33.3 Å². The number of aliphatic hydroxyl groups excluding tert-OH is 1. The van der Waals surface area contributed by atoms with Gasteiger partial charge in [-0.1, -0.05) is 58.9 Å². The molecule has 7 nitrogen and oxygen atoms in total. The highest BCUT2D eigenvalue weighted by molar-refractivity contribution is 5.88. The third-order valence-corrected chi connectivity index (χ3v) is 13.7. The molecular weight excluding hydrogens is 578 g/mol. The molecule has 0 saturated heterocycles. The Labute approximate surface area is 275 Å². The third kappa shape index (κ3) is 5.44. The van der Waals surface area contributed by atoms with Gasteiger partial charge in [0.2, 0.25) is 0 Å². The minimum absolute atomic E-state index is 0.0127. The van der Waals surface area contributed by atoms with E-state index in [4.69, 9.17) is 4.74 Å². The largest absolute Gasteiger partial charge is 0.491 e. The Kier molecular flexibility index (Phi) is 9.17. The Morgan fingerprint density at radius 1 is 1.09 bits per heavy atom. The normalized spacial score (nSPS) is 39.4. The number of aliphatic hydroxyl groups is 1. The first-order chi connectivity index (χ1) is 21.5. The van der Waals surface area contributed by atoms with Crippen molar-refractivity contribution >= 4 is 17.2 Å². The standard InChI is InChI=1S/C39H55NO6/c1-22(2)28(26-11-10-12-27(19-26)40(44)45)13-14-29(36(42)43)34-31-20-32(41)35-37(7)17-15-24(5)25(6)30(37)16-18-38(35,8)39(31,9)21-33(34)46-23(3)4/h10-12,19,24-25,30-33,35,41H,3,13-18,20-21H2,1-2,4-9H3,(H,42,43)/b34-29+/t24-,25+,30+,31+,32-,33?,35+,37+,38+,39+/m1/s1. The number of carboxylic acid groups (broad SMARTS) is 1. The van der Waals surface area contributed by atoms with Gasteiger partial charge in [0.05, 0.1) is 16.8 Å². The van der Waals surface area contributed by atoms with Crippen LogP contribution in [0.25, 0.3) is 5.57 Å². The average Bonchev–Trinajstić information content (AvgIpc) is 3.24. The predicted molar refractivity (Wildman–Crippen MR) is 182 cm³/mol. The van der Waals surface area contributed by atoms with E-state index < -0.39 is 23.1 Å². The molecule has 4 saturated carbocycles. The van der Waals surface area contributed by atoms with Crippen LogP contribution in [0.1, 0.15) is 112 Å². The van der Waals surface area contributed by atoms with Crippen LogP contribution in [0.2, 0.25) is 0 Å². The highest BCUT2D eigenvalue weighted by Gasteiger charge is 2.70. The third-order valence-electron chi connectivity index (χ3n) is 13.7. The van der Waals surface area contributed by atoms with Gasteiger partial charge in [0.25, 0.3) is 5.69 Å². The molecule has 1 aromatic rings. The fraction of sp³-hybridized carbons (Fsp3) is 0.667. The van der Waals surface area contributed by atoms with Crippen molar-refractivity contribution in [2.45, 2.75) is 119 Å². The summed E-state index contributed by atoms with van der Waals surface area (Å²) in [5, 5.41) is 34.5. The highest BCUT2D eigenvalue weighted by Crippen LogP contribution is 2.74. The quantitative estimate of drug-likeness (QED) is 0.128. The van der Waals surface area contributed by atoms with Crippen LogP contribution in [0.3, 0.4) is 0 Å². The van der Waals surface area contributed by atoms with Gasteiger partial charge < -0.3 is 14.9 Å². The molecule has 7 heteroatoms. The summed E-state index contributed by atoms with van der Waals surface area (Å²) >= 11 is 0. The maximum absolute atomic E-state index is 13.2. The molecule has 0 amide bonds. The zero-order valence-corrected chi connectivity index (χ0v) is 29.2. The Balaban J connectivity index is 1.57. The second-order valence-corrected chi connectivity index (χ2v) is 16.2. The lowest BCUT2D eigenvalue weighted by Crippen LogP contribution is -2.65. The van der Waals surface area contributed by atoms with E-state index in [1.807, 2.05) is 26.8 Å². The van der Waals surface area contributed by atoms with Gasteiger partial charge in [-0.15, -0.1) is 0 Å². The van der Waals surface area contributed by atoms with Crippen LogP contribution in [0, 0.1) is 55.9 Å². The van der Waals surface area contributed by atoms with Crippen molar-refractivity contribution in [3.63, 3.8) is 0 Å². The molecule has 10 atom stereocenters. The minimum atomic E-state index is -0.964. The monoisotopic (exact) mass is 633 g/mol. The van der Waals surface area contributed by atoms with Crippen molar-refractivity contribution in [3.8, 4) is 0 Å². The summed E-state index contributed by atoms with van der Waals surface area (Å²) < 4.78 is 6.43. The summed E-state index contributed by atoms with van der Waals surface area (Å²) in [6.07, 6.45) is 5.43. The van der Waals surface area contributed by atoms with Gasteiger partial charge in [0.1, 0.15) is 6.10 Å². The molecule has 4 fully saturated rings. The molecule has 0 aromatic heterocycles. The number of nitro benzene ring substituents is 1. The lowest BCUT2D eigenvalue weighted by Gasteiger charge is -2.69. The summed E-state index contributed by atoms with van der Waals surface area (Å²) in [6, 6.07) is 6.57. The number of ether oxygens (including phenoxy) is 1.